The van der Waals surface area contributed by atoms with Gasteiger partial charge in [-0.3, -0.25) is 4.72 Å². The molecule has 0 radical (unpaired) electrons. The number of halogens is 1. The van der Waals surface area contributed by atoms with Gasteiger partial charge in [0.1, 0.15) is 16.9 Å². The van der Waals surface area contributed by atoms with Crippen molar-refractivity contribution in [1.29, 1.82) is 0 Å². The van der Waals surface area contributed by atoms with Crippen molar-refractivity contribution in [3.8, 4) is 0 Å². The molecule has 0 unspecified atom stereocenters. The van der Waals surface area contributed by atoms with E-state index in [2.05, 4.69) is 28.8 Å². The van der Waals surface area contributed by atoms with Gasteiger partial charge in [0.2, 0.25) is 0 Å². The fourth-order valence-corrected chi connectivity index (χ4v) is 4.53. The van der Waals surface area contributed by atoms with E-state index in [0.717, 1.165) is 23.3 Å². The van der Waals surface area contributed by atoms with E-state index >= 15 is 0 Å². The SMILES string of the molecule is O=S(=O)(Nc1nc2ccccc2nc1Nc1ccc2nsnc2c1)c1cccc(F)c1. The number of anilines is 3. The van der Waals surface area contributed by atoms with Crippen molar-refractivity contribution in [1.82, 2.24) is 18.7 Å². The topological polar surface area (TPSA) is 110 Å². The van der Waals surface area contributed by atoms with Crippen molar-refractivity contribution in [2.75, 3.05) is 10.0 Å². The van der Waals surface area contributed by atoms with Gasteiger partial charge in [-0.25, -0.2) is 22.8 Å². The molecule has 0 saturated carbocycles. The zero-order valence-corrected chi connectivity index (χ0v) is 17.3. The Morgan fingerprint density at radius 2 is 1.52 bits per heavy atom. The van der Waals surface area contributed by atoms with Crippen LogP contribution in [0.4, 0.5) is 21.7 Å². The average molecular weight is 452 g/mol. The monoisotopic (exact) mass is 452 g/mol. The Labute approximate surface area is 180 Å². The Bertz CT molecular complexity index is 1540. The molecule has 0 atom stereocenters. The molecular weight excluding hydrogens is 439 g/mol. The Morgan fingerprint density at radius 1 is 0.774 bits per heavy atom. The largest absolute Gasteiger partial charge is 0.337 e. The molecule has 2 aromatic heterocycles. The molecule has 3 aromatic carbocycles. The van der Waals surface area contributed by atoms with Crippen LogP contribution in [0.5, 0.6) is 0 Å². The van der Waals surface area contributed by atoms with Crippen molar-refractivity contribution >= 4 is 61.1 Å². The van der Waals surface area contributed by atoms with Crippen molar-refractivity contribution < 1.29 is 12.8 Å². The molecule has 0 amide bonds. The van der Waals surface area contributed by atoms with Gasteiger partial charge in [-0.2, -0.15) is 8.75 Å². The van der Waals surface area contributed by atoms with Crippen LogP contribution in [-0.2, 0) is 10.0 Å². The lowest BCUT2D eigenvalue weighted by atomic mass is 10.2. The van der Waals surface area contributed by atoms with Crippen molar-refractivity contribution in [2.24, 2.45) is 0 Å². The summed E-state index contributed by atoms with van der Waals surface area (Å²) in [4.78, 5) is 8.73. The van der Waals surface area contributed by atoms with Crippen LogP contribution < -0.4 is 10.0 Å². The van der Waals surface area contributed by atoms with Crippen LogP contribution >= 0.6 is 11.7 Å². The molecule has 5 rings (SSSR count). The van der Waals surface area contributed by atoms with E-state index in [9.17, 15) is 12.8 Å². The van der Waals surface area contributed by atoms with Crippen molar-refractivity contribution in [2.45, 2.75) is 4.90 Å². The molecule has 5 aromatic rings. The quantitative estimate of drug-likeness (QED) is 0.409. The molecule has 0 fully saturated rings. The highest BCUT2D eigenvalue weighted by Gasteiger charge is 2.19. The van der Waals surface area contributed by atoms with Gasteiger partial charge in [0.25, 0.3) is 10.0 Å². The van der Waals surface area contributed by atoms with Gasteiger partial charge in [-0.05, 0) is 48.5 Å². The van der Waals surface area contributed by atoms with E-state index < -0.39 is 15.8 Å². The minimum Gasteiger partial charge on any atom is -0.337 e. The molecule has 8 nitrogen and oxygen atoms in total. The molecule has 2 heterocycles. The maximum absolute atomic E-state index is 13.6. The van der Waals surface area contributed by atoms with Gasteiger partial charge in [-0.1, -0.05) is 18.2 Å². The van der Waals surface area contributed by atoms with E-state index in [1.54, 1.807) is 36.4 Å². The summed E-state index contributed by atoms with van der Waals surface area (Å²) in [6.45, 7) is 0. The third-order valence-corrected chi connectivity index (χ3v) is 6.32. The summed E-state index contributed by atoms with van der Waals surface area (Å²) >= 11 is 1.10. The summed E-state index contributed by atoms with van der Waals surface area (Å²) in [6.07, 6.45) is 0. The molecule has 31 heavy (non-hydrogen) atoms. The number of hydrogen-bond acceptors (Lipinski definition) is 8. The highest BCUT2D eigenvalue weighted by molar-refractivity contribution is 7.92. The van der Waals surface area contributed by atoms with Gasteiger partial charge in [-0.15, -0.1) is 0 Å². The average Bonchev–Trinajstić information content (AvgIpc) is 3.22. The third-order valence-electron chi connectivity index (χ3n) is 4.42. The summed E-state index contributed by atoms with van der Waals surface area (Å²) < 4.78 is 50.1. The van der Waals surface area contributed by atoms with E-state index in [1.165, 1.54) is 18.2 Å². The maximum atomic E-state index is 13.6. The molecule has 2 N–H and O–H groups in total. The standard InChI is InChI=1S/C20H13FN6O2S2/c21-12-4-3-5-14(10-12)31(28,29)27-20-19(23-15-6-1-2-7-16(15)24-20)22-13-8-9-17-18(11-13)26-30-25-17/h1-11H,(H,22,23)(H,24,27). The van der Waals surface area contributed by atoms with Crippen molar-refractivity contribution in [3.05, 3.63) is 72.5 Å². The molecule has 0 spiro atoms. The van der Waals surface area contributed by atoms with Gasteiger partial charge in [0.15, 0.2) is 11.6 Å². The summed E-state index contributed by atoms with van der Waals surface area (Å²) in [5, 5.41) is 3.09. The van der Waals surface area contributed by atoms with Gasteiger partial charge in [0.05, 0.1) is 27.7 Å². The van der Waals surface area contributed by atoms with Gasteiger partial charge < -0.3 is 5.32 Å². The van der Waals surface area contributed by atoms with Crippen LogP contribution in [0.25, 0.3) is 22.1 Å². The number of benzene rings is 3. The second kappa shape index (κ2) is 7.52. The minimum atomic E-state index is -4.10. The first-order chi connectivity index (χ1) is 15.0. The normalized spacial score (nSPS) is 11.6. The lowest BCUT2D eigenvalue weighted by Crippen LogP contribution is -2.16. The van der Waals surface area contributed by atoms with Crippen LogP contribution in [0.15, 0.2) is 71.6 Å². The highest BCUT2D eigenvalue weighted by atomic mass is 32.2. The smallest absolute Gasteiger partial charge is 0.263 e. The van der Waals surface area contributed by atoms with Crippen molar-refractivity contribution in [3.63, 3.8) is 0 Å². The summed E-state index contributed by atoms with van der Waals surface area (Å²) in [5.41, 5.74) is 3.17. The molecule has 0 aliphatic heterocycles. The number of nitrogens with one attached hydrogen (secondary N) is 2. The second-order valence-electron chi connectivity index (χ2n) is 6.57. The first-order valence-electron chi connectivity index (χ1n) is 9.02. The number of sulfonamides is 1. The molecule has 0 aliphatic rings. The van der Waals surface area contributed by atoms with E-state index in [4.69, 9.17) is 0 Å². The zero-order chi connectivity index (χ0) is 21.4. The van der Waals surface area contributed by atoms with Gasteiger partial charge in [0, 0.05) is 5.69 Å². The van der Waals surface area contributed by atoms with Crippen LogP contribution in [0.1, 0.15) is 0 Å². The van der Waals surface area contributed by atoms with Crippen LogP contribution in [0.2, 0.25) is 0 Å². The summed E-state index contributed by atoms with van der Waals surface area (Å²) in [6, 6.07) is 17.2. The predicted molar refractivity (Wildman–Crippen MR) is 117 cm³/mol. The number of rotatable bonds is 5. The number of aromatic nitrogens is 4. The van der Waals surface area contributed by atoms with Crippen LogP contribution in [-0.4, -0.2) is 27.1 Å². The number of fused-ring (bicyclic) bond motifs is 2. The zero-order valence-electron chi connectivity index (χ0n) is 15.7. The molecule has 0 saturated heterocycles. The Morgan fingerprint density at radius 3 is 2.29 bits per heavy atom. The van der Waals surface area contributed by atoms with E-state index in [-0.39, 0.29) is 16.5 Å². The summed E-state index contributed by atoms with van der Waals surface area (Å²) in [7, 11) is -4.10. The number of nitrogens with zero attached hydrogens (tertiary/aromatic N) is 4. The lowest BCUT2D eigenvalue weighted by molar-refractivity contribution is 0.595. The molecule has 0 bridgehead atoms. The maximum Gasteiger partial charge on any atom is 0.263 e. The molecular formula is C20H13FN6O2S2. The third kappa shape index (κ3) is 3.88. The van der Waals surface area contributed by atoms with E-state index in [0.29, 0.717) is 22.2 Å². The first kappa shape index (κ1) is 19.3. The first-order valence-corrected chi connectivity index (χ1v) is 11.2. The molecule has 154 valence electrons. The van der Waals surface area contributed by atoms with Crippen LogP contribution in [0.3, 0.4) is 0 Å². The predicted octanol–water partition coefficient (Wildman–Crippen LogP) is 4.32. The fourth-order valence-electron chi connectivity index (χ4n) is 2.98. The molecule has 0 aliphatic carbocycles. The fraction of sp³-hybridized carbons (Fsp3) is 0. The summed E-state index contributed by atoms with van der Waals surface area (Å²) in [5.74, 6) is -0.475. The Kier molecular flexibility index (Phi) is 4.68. The number of hydrogen-bond donors (Lipinski definition) is 2. The Hall–Kier alpha value is -3.70. The minimum absolute atomic E-state index is 0.0144. The molecule has 11 heteroatoms. The van der Waals surface area contributed by atoms with E-state index in [1.807, 2.05) is 6.07 Å². The number of para-hydroxylation sites is 2. The van der Waals surface area contributed by atoms with Crippen LogP contribution in [0, 0.1) is 5.82 Å². The Balaban J connectivity index is 1.58. The second-order valence-corrected chi connectivity index (χ2v) is 8.78. The highest BCUT2D eigenvalue weighted by Crippen LogP contribution is 2.28. The lowest BCUT2D eigenvalue weighted by Gasteiger charge is -2.14. The van der Waals surface area contributed by atoms with Gasteiger partial charge >= 0.3 is 0 Å².